The minimum absolute atomic E-state index is 0.0165. The van der Waals surface area contributed by atoms with Crippen LogP contribution < -0.4 is 5.32 Å². The van der Waals surface area contributed by atoms with Gasteiger partial charge in [0, 0.05) is 29.9 Å². The van der Waals surface area contributed by atoms with Gasteiger partial charge in [-0.1, -0.05) is 18.5 Å². The van der Waals surface area contributed by atoms with Crippen molar-refractivity contribution < 1.29 is 9.59 Å². The number of carbonyl (C=O) groups excluding carboxylic acids is 2. The first-order valence-electron chi connectivity index (χ1n) is 8.25. The average Bonchev–Trinajstić information content (AvgIpc) is 2.95. The molecule has 3 fully saturated rings. The van der Waals surface area contributed by atoms with Crippen LogP contribution in [-0.4, -0.2) is 40.3 Å². The highest BCUT2D eigenvalue weighted by molar-refractivity contribution is 7.12. The summed E-state index contributed by atoms with van der Waals surface area (Å²) in [4.78, 5) is 30.8. The maximum absolute atomic E-state index is 12.6. The Balaban J connectivity index is 1.41. The highest BCUT2D eigenvalue weighted by Crippen LogP contribution is 2.40. The summed E-state index contributed by atoms with van der Waals surface area (Å²) in [6.45, 7) is 2.84. The van der Waals surface area contributed by atoms with Crippen LogP contribution in [0.3, 0.4) is 0 Å². The molecule has 0 aromatic carbocycles. The van der Waals surface area contributed by atoms with E-state index in [4.69, 9.17) is 11.6 Å². The summed E-state index contributed by atoms with van der Waals surface area (Å²) < 4.78 is 0. The number of amides is 2. The van der Waals surface area contributed by atoms with Gasteiger partial charge in [-0.25, -0.2) is 4.98 Å². The lowest BCUT2D eigenvalue weighted by molar-refractivity contribution is -0.123. The fraction of sp³-hybridized carbons (Fsp3) is 0.688. The summed E-state index contributed by atoms with van der Waals surface area (Å²) in [5.41, 5.74) is 0. The topological polar surface area (TPSA) is 62.3 Å². The second-order valence-electron chi connectivity index (χ2n) is 7.09. The smallest absolute Gasteiger partial charge is 0.283 e. The molecule has 0 radical (unpaired) electrons. The summed E-state index contributed by atoms with van der Waals surface area (Å²) in [6, 6.07) is 0.493. The van der Waals surface area contributed by atoms with Gasteiger partial charge in [0.05, 0.1) is 0 Å². The third-order valence-corrected chi connectivity index (χ3v) is 6.67. The van der Waals surface area contributed by atoms with Crippen molar-refractivity contribution in [2.24, 2.45) is 17.8 Å². The molecule has 4 rings (SSSR count). The van der Waals surface area contributed by atoms with E-state index >= 15 is 0 Å². The first-order chi connectivity index (χ1) is 11.0. The van der Waals surface area contributed by atoms with E-state index in [1.807, 2.05) is 4.90 Å². The molecule has 1 aromatic heterocycles. The van der Waals surface area contributed by atoms with Crippen LogP contribution in [0.5, 0.6) is 0 Å². The van der Waals surface area contributed by atoms with Gasteiger partial charge in [0.15, 0.2) is 5.01 Å². The number of hydrogen-bond acceptors (Lipinski definition) is 4. The van der Waals surface area contributed by atoms with E-state index in [0.717, 1.165) is 25.7 Å². The molecule has 2 heterocycles. The number of thiazole rings is 1. The summed E-state index contributed by atoms with van der Waals surface area (Å²) in [6.07, 6.45) is 3.91. The third-order valence-electron chi connectivity index (χ3n) is 5.52. The lowest BCUT2D eigenvalue weighted by atomic mass is 9.85. The minimum Gasteiger partial charge on any atom is -0.353 e. The zero-order valence-electron chi connectivity index (χ0n) is 13.0. The van der Waals surface area contributed by atoms with Gasteiger partial charge < -0.3 is 10.2 Å². The maximum Gasteiger partial charge on any atom is 0.283 e. The van der Waals surface area contributed by atoms with Crippen LogP contribution in [0.2, 0.25) is 5.15 Å². The van der Waals surface area contributed by atoms with Crippen molar-refractivity contribution in [3.05, 3.63) is 15.5 Å². The predicted octanol–water partition coefficient (Wildman–Crippen LogP) is 2.56. The Kier molecular flexibility index (Phi) is 3.84. The molecule has 2 amide bonds. The Morgan fingerprint density at radius 2 is 2.17 bits per heavy atom. The predicted molar refractivity (Wildman–Crippen MR) is 88.5 cm³/mol. The monoisotopic (exact) mass is 353 g/mol. The molecule has 1 aromatic rings. The zero-order chi connectivity index (χ0) is 16.1. The van der Waals surface area contributed by atoms with Crippen LogP contribution in [0.25, 0.3) is 0 Å². The Bertz CT molecular complexity index is 649. The number of halogens is 1. The molecule has 3 aliphatic rings. The lowest BCUT2D eigenvalue weighted by Crippen LogP contribution is -2.43. The molecule has 23 heavy (non-hydrogen) atoms. The normalized spacial score (nSPS) is 35.2. The molecular weight excluding hydrogens is 334 g/mol. The van der Waals surface area contributed by atoms with Gasteiger partial charge in [0.25, 0.3) is 5.91 Å². The van der Waals surface area contributed by atoms with E-state index in [0.29, 0.717) is 28.5 Å². The van der Waals surface area contributed by atoms with Crippen molar-refractivity contribution in [3.63, 3.8) is 0 Å². The molecule has 7 heteroatoms. The number of carbonyl (C=O) groups is 2. The van der Waals surface area contributed by atoms with Crippen molar-refractivity contribution in [1.82, 2.24) is 15.2 Å². The van der Waals surface area contributed by atoms with Crippen LogP contribution in [0.15, 0.2) is 5.38 Å². The molecule has 2 aliphatic carbocycles. The van der Waals surface area contributed by atoms with Crippen LogP contribution in [-0.2, 0) is 4.79 Å². The van der Waals surface area contributed by atoms with Crippen molar-refractivity contribution in [2.45, 2.75) is 44.7 Å². The Morgan fingerprint density at radius 1 is 1.39 bits per heavy atom. The van der Waals surface area contributed by atoms with Crippen molar-refractivity contribution >= 4 is 34.8 Å². The number of fused-ring (bicyclic) bond motifs is 2. The summed E-state index contributed by atoms with van der Waals surface area (Å²) in [5.74, 6) is 1.30. The van der Waals surface area contributed by atoms with Crippen LogP contribution in [0.1, 0.15) is 42.4 Å². The summed E-state index contributed by atoms with van der Waals surface area (Å²) in [7, 11) is 0. The lowest BCUT2D eigenvalue weighted by Gasteiger charge is -2.29. The van der Waals surface area contributed by atoms with E-state index < -0.39 is 0 Å². The molecule has 1 aliphatic heterocycles. The van der Waals surface area contributed by atoms with Gasteiger partial charge >= 0.3 is 0 Å². The Labute approximate surface area is 144 Å². The van der Waals surface area contributed by atoms with Gasteiger partial charge in [0.1, 0.15) is 5.15 Å². The standard InChI is InChI=1S/C16H20ClN3O2S/c1-8-4-11(8)14(21)18-12-3-2-10-5-9(12)6-20(10)16(22)15-19-13(17)7-23-15/h7-12H,2-6H2,1H3,(H,18,21)/t8-,9?,10?,11-,12?/m0/s1. The highest BCUT2D eigenvalue weighted by Gasteiger charge is 2.46. The first-order valence-corrected chi connectivity index (χ1v) is 9.51. The zero-order valence-corrected chi connectivity index (χ0v) is 14.6. The number of aromatic nitrogens is 1. The molecule has 5 nitrogen and oxygen atoms in total. The highest BCUT2D eigenvalue weighted by atomic mass is 35.5. The molecule has 3 unspecified atom stereocenters. The Hall–Kier alpha value is -1.14. The van der Waals surface area contributed by atoms with Gasteiger partial charge in [0.2, 0.25) is 5.91 Å². The summed E-state index contributed by atoms with van der Waals surface area (Å²) in [5, 5.41) is 5.77. The average molecular weight is 354 g/mol. The number of rotatable bonds is 3. The van der Waals surface area contributed by atoms with Crippen LogP contribution in [0, 0.1) is 17.8 Å². The van der Waals surface area contributed by atoms with E-state index in [9.17, 15) is 9.59 Å². The quantitative estimate of drug-likeness (QED) is 0.908. The largest absolute Gasteiger partial charge is 0.353 e. The summed E-state index contributed by atoms with van der Waals surface area (Å²) >= 11 is 7.13. The second kappa shape index (κ2) is 5.74. The Morgan fingerprint density at radius 3 is 2.83 bits per heavy atom. The van der Waals surface area contributed by atoms with Crippen LogP contribution in [0.4, 0.5) is 0 Å². The number of nitrogens with zero attached hydrogens (tertiary/aromatic N) is 2. The fourth-order valence-electron chi connectivity index (χ4n) is 4.02. The van der Waals surface area contributed by atoms with Crippen LogP contribution >= 0.6 is 22.9 Å². The van der Waals surface area contributed by atoms with Gasteiger partial charge in [-0.15, -0.1) is 11.3 Å². The fourth-order valence-corrected chi connectivity index (χ4v) is 4.92. The van der Waals surface area contributed by atoms with Crippen molar-refractivity contribution in [3.8, 4) is 0 Å². The molecule has 0 spiro atoms. The molecule has 1 N–H and O–H groups in total. The number of likely N-dealkylation sites (tertiary alicyclic amines) is 1. The molecular formula is C16H20ClN3O2S. The molecule has 124 valence electrons. The van der Waals surface area contributed by atoms with Crippen molar-refractivity contribution in [2.75, 3.05) is 6.54 Å². The van der Waals surface area contributed by atoms with E-state index in [2.05, 4.69) is 17.2 Å². The van der Waals surface area contributed by atoms with E-state index in [1.54, 1.807) is 5.38 Å². The second-order valence-corrected chi connectivity index (χ2v) is 8.34. The van der Waals surface area contributed by atoms with Gasteiger partial charge in [-0.3, -0.25) is 9.59 Å². The third kappa shape index (κ3) is 2.87. The van der Waals surface area contributed by atoms with E-state index in [1.165, 1.54) is 11.3 Å². The SMILES string of the molecule is C[C@H]1C[C@@H]1C(=O)NC1CCC2CC1CN2C(=O)c1nc(Cl)cs1. The molecule has 1 saturated heterocycles. The molecule has 5 atom stereocenters. The molecule has 2 saturated carbocycles. The number of hydrogen-bond donors (Lipinski definition) is 1. The van der Waals surface area contributed by atoms with Gasteiger partial charge in [-0.05, 0) is 37.5 Å². The maximum atomic E-state index is 12.6. The number of nitrogens with one attached hydrogen (secondary N) is 1. The minimum atomic E-state index is -0.0165. The first kappa shape index (κ1) is 15.4. The van der Waals surface area contributed by atoms with E-state index in [-0.39, 0.29) is 29.8 Å². The van der Waals surface area contributed by atoms with Gasteiger partial charge in [-0.2, -0.15) is 0 Å². The molecule has 2 bridgehead atoms. The van der Waals surface area contributed by atoms with Crippen molar-refractivity contribution in [1.29, 1.82) is 0 Å².